The van der Waals surface area contributed by atoms with Crippen LogP contribution in [0.15, 0.2) is 41.4 Å². The molecule has 0 aliphatic carbocycles. The standard InChI is InChI=1S/C17H20FN3O4S/c1-19-12-13(11-16(19)17(22)25-2)26(23,24)21-9-7-20(8-10-21)15-6-4-3-5-14(15)18/h3-6,11-12H,7-10H2,1-2H3. The van der Waals surface area contributed by atoms with Crippen molar-refractivity contribution >= 4 is 21.7 Å². The Hall–Kier alpha value is -2.39. The number of piperazine rings is 1. The fourth-order valence-electron chi connectivity index (χ4n) is 3.01. The Balaban J connectivity index is 1.76. The van der Waals surface area contributed by atoms with E-state index < -0.39 is 16.0 Å². The molecule has 7 nitrogen and oxygen atoms in total. The number of hydrogen-bond donors (Lipinski definition) is 0. The van der Waals surface area contributed by atoms with Gasteiger partial charge in [-0.25, -0.2) is 17.6 Å². The van der Waals surface area contributed by atoms with Gasteiger partial charge in [0.15, 0.2) is 0 Å². The number of methoxy groups -OCH3 is 1. The van der Waals surface area contributed by atoms with E-state index in [0.717, 1.165) is 0 Å². The highest BCUT2D eigenvalue weighted by Gasteiger charge is 2.31. The summed E-state index contributed by atoms with van der Waals surface area (Å²) >= 11 is 0. The quantitative estimate of drug-likeness (QED) is 0.750. The maximum atomic E-state index is 13.9. The first-order valence-electron chi connectivity index (χ1n) is 8.09. The Morgan fingerprint density at radius 1 is 1.15 bits per heavy atom. The lowest BCUT2D eigenvalue weighted by molar-refractivity contribution is 0.0590. The number of benzene rings is 1. The van der Waals surface area contributed by atoms with Gasteiger partial charge in [-0.1, -0.05) is 12.1 Å². The lowest BCUT2D eigenvalue weighted by atomic mass is 10.2. The minimum Gasteiger partial charge on any atom is -0.464 e. The summed E-state index contributed by atoms with van der Waals surface area (Å²) in [5.74, 6) is -0.923. The molecule has 0 spiro atoms. The second kappa shape index (κ2) is 7.08. The van der Waals surface area contributed by atoms with E-state index in [9.17, 15) is 17.6 Å². The molecule has 1 saturated heterocycles. The maximum absolute atomic E-state index is 13.9. The summed E-state index contributed by atoms with van der Waals surface area (Å²) < 4.78 is 47.0. The molecule has 140 valence electrons. The van der Waals surface area contributed by atoms with Gasteiger partial charge in [-0.05, 0) is 18.2 Å². The number of carbonyl (C=O) groups is 1. The number of aryl methyl sites for hydroxylation is 1. The van der Waals surface area contributed by atoms with Gasteiger partial charge in [0.25, 0.3) is 0 Å². The first-order valence-corrected chi connectivity index (χ1v) is 9.53. The molecule has 26 heavy (non-hydrogen) atoms. The number of anilines is 1. The van der Waals surface area contributed by atoms with Crippen molar-refractivity contribution in [2.45, 2.75) is 4.90 Å². The summed E-state index contributed by atoms with van der Waals surface area (Å²) in [6.45, 7) is 1.24. The molecule has 0 amide bonds. The van der Waals surface area contributed by atoms with E-state index in [4.69, 9.17) is 0 Å². The van der Waals surface area contributed by atoms with E-state index in [2.05, 4.69) is 4.74 Å². The predicted molar refractivity (Wildman–Crippen MR) is 94.1 cm³/mol. The van der Waals surface area contributed by atoms with Gasteiger partial charge in [0.1, 0.15) is 16.4 Å². The van der Waals surface area contributed by atoms with Crippen molar-refractivity contribution in [2.75, 3.05) is 38.2 Å². The molecule has 2 aromatic rings. The van der Waals surface area contributed by atoms with Gasteiger partial charge < -0.3 is 14.2 Å². The van der Waals surface area contributed by atoms with Crippen LogP contribution in [0.4, 0.5) is 10.1 Å². The van der Waals surface area contributed by atoms with E-state index in [-0.39, 0.29) is 29.5 Å². The third-order valence-corrected chi connectivity index (χ3v) is 6.31. The molecular weight excluding hydrogens is 361 g/mol. The molecule has 0 saturated carbocycles. The Kier molecular flexibility index (Phi) is 5.01. The average Bonchev–Trinajstić information content (AvgIpc) is 3.04. The predicted octanol–water partition coefficient (Wildman–Crippen LogP) is 1.46. The van der Waals surface area contributed by atoms with Crippen LogP contribution in [0.1, 0.15) is 10.5 Å². The summed E-state index contributed by atoms with van der Waals surface area (Å²) in [4.78, 5) is 13.6. The van der Waals surface area contributed by atoms with Gasteiger partial charge in [-0.15, -0.1) is 0 Å². The smallest absolute Gasteiger partial charge is 0.354 e. The highest BCUT2D eigenvalue weighted by molar-refractivity contribution is 7.89. The van der Waals surface area contributed by atoms with Crippen molar-refractivity contribution in [1.29, 1.82) is 0 Å². The zero-order valence-corrected chi connectivity index (χ0v) is 15.4. The molecular formula is C17H20FN3O4S. The van der Waals surface area contributed by atoms with Crippen molar-refractivity contribution in [3.8, 4) is 0 Å². The molecule has 3 rings (SSSR count). The van der Waals surface area contributed by atoms with Crippen LogP contribution in [0, 0.1) is 5.82 Å². The number of para-hydroxylation sites is 1. The Labute approximate surface area is 151 Å². The van der Waals surface area contributed by atoms with Gasteiger partial charge in [-0.3, -0.25) is 0 Å². The normalized spacial score (nSPS) is 15.9. The van der Waals surface area contributed by atoms with Gasteiger partial charge in [0, 0.05) is 39.4 Å². The van der Waals surface area contributed by atoms with Crippen LogP contribution in [0.3, 0.4) is 0 Å². The van der Waals surface area contributed by atoms with Crippen LogP contribution in [0.5, 0.6) is 0 Å². The maximum Gasteiger partial charge on any atom is 0.354 e. The Bertz CT molecular complexity index is 918. The molecule has 0 radical (unpaired) electrons. The van der Waals surface area contributed by atoms with E-state index >= 15 is 0 Å². The number of halogens is 1. The number of ether oxygens (including phenoxy) is 1. The number of aromatic nitrogens is 1. The second-order valence-electron chi connectivity index (χ2n) is 6.01. The molecule has 0 N–H and O–H groups in total. The largest absolute Gasteiger partial charge is 0.464 e. The fraction of sp³-hybridized carbons (Fsp3) is 0.353. The first kappa shape index (κ1) is 18.4. The fourth-order valence-corrected chi connectivity index (χ4v) is 4.50. The highest BCUT2D eigenvalue weighted by Crippen LogP contribution is 2.24. The van der Waals surface area contributed by atoms with Crippen LogP contribution in [-0.4, -0.2) is 56.5 Å². The minimum atomic E-state index is -3.74. The lowest BCUT2D eigenvalue weighted by Crippen LogP contribution is -2.48. The summed E-state index contributed by atoms with van der Waals surface area (Å²) in [6.07, 6.45) is 1.39. The van der Waals surface area contributed by atoms with E-state index in [0.29, 0.717) is 18.8 Å². The van der Waals surface area contributed by atoms with Crippen molar-refractivity contribution in [3.05, 3.63) is 48.0 Å². The van der Waals surface area contributed by atoms with E-state index in [1.807, 2.05) is 4.90 Å². The summed E-state index contributed by atoms with van der Waals surface area (Å²) in [7, 11) is -0.911. The SMILES string of the molecule is COC(=O)c1cc(S(=O)(=O)N2CCN(c3ccccc3F)CC2)cn1C. The number of rotatable bonds is 4. The van der Waals surface area contributed by atoms with Gasteiger partial charge >= 0.3 is 5.97 Å². The number of esters is 1. The molecule has 9 heteroatoms. The highest BCUT2D eigenvalue weighted by atomic mass is 32.2. The molecule has 0 atom stereocenters. The van der Waals surface area contributed by atoms with Gasteiger partial charge in [-0.2, -0.15) is 4.31 Å². The van der Waals surface area contributed by atoms with Crippen LogP contribution in [0.25, 0.3) is 0 Å². The molecule has 2 heterocycles. The monoisotopic (exact) mass is 381 g/mol. The van der Waals surface area contributed by atoms with Crippen molar-refractivity contribution in [2.24, 2.45) is 7.05 Å². The van der Waals surface area contributed by atoms with Gasteiger partial charge in [0.05, 0.1) is 12.8 Å². The third-order valence-electron chi connectivity index (χ3n) is 4.44. The summed E-state index contributed by atoms with van der Waals surface area (Å²) in [5, 5.41) is 0. The van der Waals surface area contributed by atoms with Crippen molar-refractivity contribution in [1.82, 2.24) is 8.87 Å². The van der Waals surface area contributed by atoms with Crippen molar-refractivity contribution < 1.29 is 22.3 Å². The average molecular weight is 381 g/mol. The summed E-state index contributed by atoms with van der Waals surface area (Å²) in [5.41, 5.74) is 0.633. The Morgan fingerprint density at radius 2 is 1.81 bits per heavy atom. The van der Waals surface area contributed by atoms with Crippen LogP contribution >= 0.6 is 0 Å². The molecule has 1 aliphatic rings. The molecule has 1 aliphatic heterocycles. The zero-order chi connectivity index (χ0) is 18.9. The molecule has 0 unspecified atom stereocenters. The molecule has 1 fully saturated rings. The summed E-state index contributed by atoms with van der Waals surface area (Å²) in [6, 6.07) is 7.74. The molecule has 1 aromatic carbocycles. The topological polar surface area (TPSA) is 71.8 Å². The number of sulfonamides is 1. The minimum absolute atomic E-state index is 0.0414. The van der Waals surface area contributed by atoms with Crippen LogP contribution < -0.4 is 4.90 Å². The zero-order valence-electron chi connectivity index (χ0n) is 14.6. The first-order chi connectivity index (χ1) is 12.3. The van der Waals surface area contributed by atoms with Gasteiger partial charge in [0.2, 0.25) is 10.0 Å². The van der Waals surface area contributed by atoms with Crippen LogP contribution in [0.2, 0.25) is 0 Å². The van der Waals surface area contributed by atoms with Crippen molar-refractivity contribution in [3.63, 3.8) is 0 Å². The van der Waals surface area contributed by atoms with Crippen LogP contribution in [-0.2, 0) is 21.8 Å². The number of nitrogens with zero attached hydrogens (tertiary/aromatic N) is 3. The lowest BCUT2D eigenvalue weighted by Gasteiger charge is -2.35. The number of hydrogen-bond acceptors (Lipinski definition) is 5. The molecule has 0 bridgehead atoms. The molecule has 1 aromatic heterocycles. The second-order valence-corrected chi connectivity index (χ2v) is 7.94. The van der Waals surface area contributed by atoms with E-state index in [1.165, 1.54) is 34.3 Å². The van der Waals surface area contributed by atoms with E-state index in [1.54, 1.807) is 25.2 Å². The third kappa shape index (κ3) is 3.32. The number of carbonyl (C=O) groups excluding carboxylic acids is 1. The Morgan fingerprint density at radius 3 is 2.42 bits per heavy atom.